The molecule has 5 nitrogen and oxygen atoms in total. The summed E-state index contributed by atoms with van der Waals surface area (Å²) in [7, 11) is 0. The molecule has 0 radical (unpaired) electrons. The van der Waals surface area contributed by atoms with Crippen LogP contribution < -0.4 is 5.32 Å². The Bertz CT molecular complexity index is 773. The predicted molar refractivity (Wildman–Crippen MR) is 93.3 cm³/mol. The zero-order valence-corrected chi connectivity index (χ0v) is 14.1. The molecule has 1 aromatic heterocycles. The van der Waals surface area contributed by atoms with Crippen molar-refractivity contribution in [3.8, 4) is 0 Å². The van der Waals surface area contributed by atoms with Crippen LogP contribution in [0.15, 0.2) is 29.8 Å². The molecule has 1 aliphatic heterocycles. The van der Waals surface area contributed by atoms with Crippen LogP contribution in [0.1, 0.15) is 40.7 Å². The molecular weight excluding hydrogens is 322 g/mol. The van der Waals surface area contributed by atoms with Crippen LogP contribution in [0.3, 0.4) is 0 Å². The summed E-state index contributed by atoms with van der Waals surface area (Å²) >= 11 is 1.38. The highest BCUT2D eigenvalue weighted by Crippen LogP contribution is 2.26. The molecule has 0 spiro atoms. The van der Waals surface area contributed by atoms with Crippen molar-refractivity contribution in [1.82, 2.24) is 9.88 Å². The highest BCUT2D eigenvalue weighted by atomic mass is 32.1. The number of nitrogens with zero attached hydrogens (tertiary/aromatic N) is 2. The number of aromatic nitrogens is 1. The van der Waals surface area contributed by atoms with Gasteiger partial charge in [-0.2, -0.15) is 0 Å². The van der Waals surface area contributed by atoms with Crippen LogP contribution in [0, 0.1) is 0 Å². The fourth-order valence-corrected chi connectivity index (χ4v) is 4.16. The molecule has 1 saturated heterocycles. The maximum absolute atomic E-state index is 12.9. The number of nitrogens with one attached hydrogen (secondary N) is 1. The van der Waals surface area contributed by atoms with Crippen molar-refractivity contribution in [3.05, 3.63) is 46.5 Å². The molecule has 1 fully saturated rings. The third-order valence-electron chi connectivity index (χ3n) is 4.82. The largest absolute Gasteiger partial charge is 0.327 e. The number of likely N-dealkylation sites (tertiary alicyclic amines) is 1. The van der Waals surface area contributed by atoms with Gasteiger partial charge in [0.1, 0.15) is 6.04 Å². The molecule has 2 amide bonds. The van der Waals surface area contributed by atoms with Crippen LogP contribution in [-0.2, 0) is 17.6 Å². The van der Waals surface area contributed by atoms with Gasteiger partial charge in [0, 0.05) is 23.7 Å². The van der Waals surface area contributed by atoms with Crippen molar-refractivity contribution in [2.24, 2.45) is 0 Å². The van der Waals surface area contributed by atoms with E-state index in [9.17, 15) is 9.59 Å². The van der Waals surface area contributed by atoms with Gasteiger partial charge < -0.3 is 10.2 Å². The minimum atomic E-state index is -0.408. The maximum atomic E-state index is 12.9. The number of amides is 2. The van der Waals surface area contributed by atoms with Gasteiger partial charge in [0.05, 0.1) is 0 Å². The first-order valence-electron chi connectivity index (χ1n) is 8.35. The summed E-state index contributed by atoms with van der Waals surface area (Å²) in [6, 6.07) is 5.57. The number of fused-ring (bicyclic) bond motifs is 1. The van der Waals surface area contributed by atoms with Gasteiger partial charge in [0.2, 0.25) is 5.91 Å². The summed E-state index contributed by atoms with van der Waals surface area (Å²) in [5.41, 5.74) is 3.33. The second kappa shape index (κ2) is 6.36. The van der Waals surface area contributed by atoms with Crippen molar-refractivity contribution in [2.45, 2.75) is 38.1 Å². The van der Waals surface area contributed by atoms with Crippen LogP contribution in [-0.4, -0.2) is 34.3 Å². The smallest absolute Gasteiger partial charge is 0.254 e. The molecule has 0 bridgehead atoms. The molecule has 1 N–H and O–H groups in total. The van der Waals surface area contributed by atoms with E-state index >= 15 is 0 Å². The molecule has 2 heterocycles. The monoisotopic (exact) mass is 341 g/mol. The summed E-state index contributed by atoms with van der Waals surface area (Å²) in [5, 5.41) is 5.21. The number of aryl methyl sites for hydroxylation is 2. The van der Waals surface area contributed by atoms with E-state index in [1.54, 1.807) is 11.1 Å². The van der Waals surface area contributed by atoms with Gasteiger partial charge in [-0.05, 0) is 55.4 Å². The number of hydrogen-bond acceptors (Lipinski definition) is 4. The van der Waals surface area contributed by atoms with E-state index in [1.165, 1.54) is 22.5 Å². The Balaban J connectivity index is 1.51. The molecule has 4 rings (SSSR count). The number of hydrogen-bond donors (Lipinski definition) is 1. The average Bonchev–Trinajstić information content (AvgIpc) is 3.33. The van der Waals surface area contributed by atoms with E-state index in [0.29, 0.717) is 23.7 Å². The van der Waals surface area contributed by atoms with E-state index in [-0.39, 0.29) is 11.8 Å². The van der Waals surface area contributed by atoms with Gasteiger partial charge in [-0.25, -0.2) is 4.98 Å². The van der Waals surface area contributed by atoms with Gasteiger partial charge >= 0.3 is 0 Å². The number of carbonyl (C=O) groups is 2. The molecular formula is C18H19N3O2S. The molecule has 124 valence electrons. The second-order valence-electron chi connectivity index (χ2n) is 6.32. The summed E-state index contributed by atoms with van der Waals surface area (Å²) in [4.78, 5) is 31.2. The van der Waals surface area contributed by atoms with Gasteiger partial charge in [0.15, 0.2) is 5.13 Å². The third-order valence-corrected chi connectivity index (χ3v) is 5.51. The normalized spacial score (nSPS) is 19.3. The number of thiazole rings is 1. The first kappa shape index (κ1) is 15.3. The number of rotatable bonds is 3. The second-order valence-corrected chi connectivity index (χ2v) is 7.21. The lowest BCUT2D eigenvalue weighted by Crippen LogP contribution is -2.43. The molecule has 2 aromatic rings. The molecule has 1 aliphatic carbocycles. The van der Waals surface area contributed by atoms with Crippen LogP contribution >= 0.6 is 11.3 Å². The lowest BCUT2D eigenvalue weighted by molar-refractivity contribution is -0.119. The molecule has 1 unspecified atom stereocenters. The van der Waals surface area contributed by atoms with Gasteiger partial charge in [-0.15, -0.1) is 11.3 Å². The van der Waals surface area contributed by atoms with Crippen LogP contribution in [0.2, 0.25) is 0 Å². The number of carbonyl (C=O) groups excluding carboxylic acids is 2. The van der Waals surface area contributed by atoms with Gasteiger partial charge in [-0.1, -0.05) is 6.07 Å². The first-order valence-corrected chi connectivity index (χ1v) is 9.23. The Morgan fingerprint density at radius 2 is 2.08 bits per heavy atom. The highest BCUT2D eigenvalue weighted by molar-refractivity contribution is 7.13. The van der Waals surface area contributed by atoms with Crippen molar-refractivity contribution in [2.75, 3.05) is 11.9 Å². The molecule has 1 aromatic carbocycles. The van der Waals surface area contributed by atoms with E-state index in [1.807, 2.05) is 17.5 Å². The fourth-order valence-electron chi connectivity index (χ4n) is 3.63. The van der Waals surface area contributed by atoms with Crippen molar-refractivity contribution >= 4 is 28.3 Å². The zero-order chi connectivity index (χ0) is 16.5. The standard InChI is InChI=1S/C18H19N3O2S/c22-16(20-18-19-8-10-24-18)15-5-2-9-21(15)17(23)14-7-6-12-3-1-4-13(12)11-14/h6-8,10-11,15H,1-5,9H2,(H,19,20,22). The van der Waals surface area contributed by atoms with E-state index in [2.05, 4.69) is 16.4 Å². The molecule has 2 aliphatic rings. The van der Waals surface area contributed by atoms with Gasteiger partial charge in [-0.3, -0.25) is 9.59 Å². The SMILES string of the molecule is O=C(Nc1nccs1)C1CCCN1C(=O)c1ccc2c(c1)CCC2. The lowest BCUT2D eigenvalue weighted by atomic mass is 10.1. The van der Waals surface area contributed by atoms with Crippen LogP contribution in [0.4, 0.5) is 5.13 Å². The summed E-state index contributed by atoms with van der Waals surface area (Å²) in [6.45, 7) is 0.631. The molecule has 0 saturated carbocycles. The summed E-state index contributed by atoms with van der Waals surface area (Å²) < 4.78 is 0. The minimum Gasteiger partial charge on any atom is -0.327 e. The molecule has 6 heteroatoms. The Labute approximate surface area is 144 Å². The molecule has 1 atom stereocenters. The third kappa shape index (κ3) is 2.82. The molecule has 24 heavy (non-hydrogen) atoms. The number of benzene rings is 1. The van der Waals surface area contributed by atoms with E-state index < -0.39 is 6.04 Å². The highest BCUT2D eigenvalue weighted by Gasteiger charge is 2.35. The van der Waals surface area contributed by atoms with Crippen molar-refractivity contribution < 1.29 is 9.59 Å². The summed E-state index contributed by atoms with van der Waals surface area (Å²) in [6.07, 6.45) is 6.52. The Kier molecular flexibility index (Phi) is 4.06. The minimum absolute atomic E-state index is 0.0403. The predicted octanol–water partition coefficient (Wildman–Crippen LogP) is 2.88. The Morgan fingerprint density at radius 1 is 1.21 bits per heavy atom. The summed E-state index contributed by atoms with van der Waals surface area (Å²) in [5.74, 6) is -0.182. The van der Waals surface area contributed by atoms with Crippen LogP contribution in [0.25, 0.3) is 0 Å². The van der Waals surface area contributed by atoms with E-state index in [0.717, 1.165) is 25.7 Å². The average molecular weight is 341 g/mol. The van der Waals surface area contributed by atoms with Crippen molar-refractivity contribution in [1.29, 1.82) is 0 Å². The topological polar surface area (TPSA) is 62.3 Å². The number of anilines is 1. The quantitative estimate of drug-likeness (QED) is 0.934. The first-order chi connectivity index (χ1) is 11.7. The fraction of sp³-hybridized carbons (Fsp3) is 0.389. The zero-order valence-electron chi connectivity index (χ0n) is 13.3. The lowest BCUT2D eigenvalue weighted by Gasteiger charge is -2.24. The van der Waals surface area contributed by atoms with Gasteiger partial charge in [0.25, 0.3) is 5.91 Å². The maximum Gasteiger partial charge on any atom is 0.254 e. The Morgan fingerprint density at radius 3 is 2.92 bits per heavy atom. The van der Waals surface area contributed by atoms with Crippen LogP contribution in [0.5, 0.6) is 0 Å². The van der Waals surface area contributed by atoms with E-state index in [4.69, 9.17) is 0 Å². The Hall–Kier alpha value is -2.21. The van der Waals surface area contributed by atoms with Crippen molar-refractivity contribution in [3.63, 3.8) is 0 Å².